The van der Waals surface area contributed by atoms with Crippen molar-refractivity contribution in [3.05, 3.63) is 17.5 Å². The highest BCUT2D eigenvalue weighted by atomic mass is 16.5. The smallest absolute Gasteiger partial charge is 0.241 e. The van der Waals surface area contributed by atoms with Crippen molar-refractivity contribution in [1.82, 2.24) is 20.0 Å². The highest BCUT2D eigenvalue weighted by molar-refractivity contribution is 5.75. The molecule has 134 valence electrons. The monoisotopic (exact) mass is 334 g/mol. The molecule has 2 fully saturated rings. The van der Waals surface area contributed by atoms with Crippen molar-refractivity contribution < 1.29 is 9.53 Å². The van der Waals surface area contributed by atoms with Crippen molar-refractivity contribution >= 4 is 5.91 Å². The molecular weight excluding hydrogens is 304 g/mol. The Morgan fingerprint density at radius 1 is 1.25 bits per heavy atom. The highest BCUT2D eigenvalue weighted by Crippen LogP contribution is 2.33. The Bertz CT molecular complexity index is 557. The summed E-state index contributed by atoms with van der Waals surface area (Å²) in [6.45, 7) is 8.56. The van der Waals surface area contributed by atoms with E-state index in [4.69, 9.17) is 4.74 Å². The fourth-order valence-electron chi connectivity index (χ4n) is 4.14. The minimum atomic E-state index is 0.0550. The van der Waals surface area contributed by atoms with Gasteiger partial charge in [0.05, 0.1) is 18.9 Å². The topological polar surface area (TPSA) is 59.4 Å². The van der Waals surface area contributed by atoms with E-state index >= 15 is 0 Å². The molecule has 0 atom stereocenters. The van der Waals surface area contributed by atoms with Crippen LogP contribution in [0.2, 0.25) is 0 Å². The number of hydrogen-bond donors (Lipinski definition) is 1. The van der Waals surface area contributed by atoms with Gasteiger partial charge in [-0.25, -0.2) is 0 Å². The summed E-state index contributed by atoms with van der Waals surface area (Å²) in [6, 6.07) is 2.00. The van der Waals surface area contributed by atoms with Crippen LogP contribution in [0.15, 0.2) is 6.07 Å². The van der Waals surface area contributed by atoms with Crippen molar-refractivity contribution in [2.45, 2.75) is 58.0 Å². The molecule has 6 heteroatoms. The van der Waals surface area contributed by atoms with E-state index in [-0.39, 0.29) is 11.4 Å². The molecular formula is C18H30N4O2. The number of rotatable bonds is 5. The molecule has 1 N–H and O–H groups in total. The predicted octanol–water partition coefficient (Wildman–Crippen LogP) is 1.65. The summed E-state index contributed by atoms with van der Waals surface area (Å²) in [4.78, 5) is 15.0. The Kier molecular flexibility index (Phi) is 5.56. The highest BCUT2D eigenvalue weighted by Gasteiger charge is 2.38. The predicted molar refractivity (Wildman–Crippen MR) is 92.9 cm³/mol. The van der Waals surface area contributed by atoms with E-state index in [9.17, 15) is 4.79 Å². The number of nitrogens with one attached hydrogen (secondary N) is 1. The van der Waals surface area contributed by atoms with E-state index in [1.165, 1.54) is 32.1 Å². The maximum absolute atomic E-state index is 12.4. The first-order valence-corrected chi connectivity index (χ1v) is 9.20. The van der Waals surface area contributed by atoms with Crippen LogP contribution in [0, 0.1) is 13.8 Å². The molecule has 3 rings (SSSR count). The third kappa shape index (κ3) is 3.98. The van der Waals surface area contributed by atoms with Gasteiger partial charge in [-0.05, 0) is 32.8 Å². The second-order valence-electron chi connectivity index (χ2n) is 7.25. The molecule has 0 radical (unpaired) electrons. The second-order valence-corrected chi connectivity index (χ2v) is 7.25. The lowest BCUT2D eigenvalue weighted by atomic mass is 9.79. The van der Waals surface area contributed by atoms with Crippen LogP contribution < -0.4 is 5.32 Å². The first-order chi connectivity index (χ1) is 11.6. The Morgan fingerprint density at radius 3 is 2.58 bits per heavy atom. The number of nitrogens with zero attached hydrogens (tertiary/aromatic N) is 3. The van der Waals surface area contributed by atoms with Crippen LogP contribution in [0.5, 0.6) is 0 Å². The fraction of sp³-hybridized carbons (Fsp3) is 0.778. The van der Waals surface area contributed by atoms with Crippen molar-refractivity contribution in [3.63, 3.8) is 0 Å². The zero-order valence-electron chi connectivity index (χ0n) is 15.0. The molecule has 0 aromatic carbocycles. The Morgan fingerprint density at radius 2 is 1.96 bits per heavy atom. The third-order valence-electron chi connectivity index (χ3n) is 5.48. The van der Waals surface area contributed by atoms with E-state index in [1.807, 2.05) is 19.9 Å². The van der Waals surface area contributed by atoms with Crippen LogP contribution in [0.4, 0.5) is 0 Å². The molecule has 1 amide bonds. The van der Waals surface area contributed by atoms with E-state index in [0.29, 0.717) is 6.54 Å². The first kappa shape index (κ1) is 17.4. The molecule has 1 aromatic rings. The van der Waals surface area contributed by atoms with Crippen LogP contribution in [0.25, 0.3) is 0 Å². The number of aryl methyl sites for hydroxylation is 2. The first-order valence-electron chi connectivity index (χ1n) is 9.20. The molecule has 24 heavy (non-hydrogen) atoms. The van der Waals surface area contributed by atoms with E-state index < -0.39 is 0 Å². The summed E-state index contributed by atoms with van der Waals surface area (Å²) >= 11 is 0. The normalized spacial score (nSPS) is 21.6. The fourth-order valence-corrected chi connectivity index (χ4v) is 4.14. The molecule has 1 aliphatic heterocycles. The lowest BCUT2D eigenvalue weighted by molar-refractivity contribution is -0.123. The van der Waals surface area contributed by atoms with Gasteiger partial charge in [-0.3, -0.25) is 14.4 Å². The second kappa shape index (κ2) is 7.66. The summed E-state index contributed by atoms with van der Waals surface area (Å²) in [7, 11) is 0. The molecule has 0 spiro atoms. The van der Waals surface area contributed by atoms with Crippen LogP contribution in [-0.2, 0) is 16.1 Å². The van der Waals surface area contributed by atoms with Gasteiger partial charge in [0.25, 0.3) is 0 Å². The summed E-state index contributed by atoms with van der Waals surface area (Å²) in [6.07, 6.45) is 6.17. The molecule has 1 aromatic heterocycles. The van der Waals surface area contributed by atoms with Gasteiger partial charge in [-0.15, -0.1) is 0 Å². The van der Waals surface area contributed by atoms with E-state index in [1.54, 1.807) is 4.68 Å². The average molecular weight is 334 g/mol. The number of amides is 1. The van der Waals surface area contributed by atoms with Crippen molar-refractivity contribution in [1.29, 1.82) is 0 Å². The number of ether oxygens (including phenoxy) is 1. The Hall–Kier alpha value is -1.40. The zero-order chi connectivity index (χ0) is 17.0. The molecule has 1 saturated heterocycles. The number of aromatic nitrogens is 2. The summed E-state index contributed by atoms with van der Waals surface area (Å²) in [5.41, 5.74) is 2.10. The molecule has 2 heterocycles. The van der Waals surface area contributed by atoms with Crippen LogP contribution >= 0.6 is 0 Å². The van der Waals surface area contributed by atoms with E-state index in [2.05, 4.69) is 15.3 Å². The number of carbonyl (C=O) groups excluding carboxylic acids is 1. The zero-order valence-corrected chi connectivity index (χ0v) is 15.0. The van der Waals surface area contributed by atoms with Gasteiger partial charge < -0.3 is 10.1 Å². The number of hydrogen-bond acceptors (Lipinski definition) is 4. The SMILES string of the molecule is Cc1cc(C)n(CC(=O)NCC2(N3CCOCC3)CCCCC2)n1. The van der Waals surface area contributed by atoms with E-state index in [0.717, 1.165) is 44.2 Å². The third-order valence-corrected chi connectivity index (χ3v) is 5.48. The quantitative estimate of drug-likeness (QED) is 0.889. The van der Waals surface area contributed by atoms with Crippen molar-refractivity contribution in [3.8, 4) is 0 Å². The van der Waals surface area contributed by atoms with Gasteiger partial charge in [0.15, 0.2) is 0 Å². The average Bonchev–Trinajstić information content (AvgIpc) is 2.92. The van der Waals surface area contributed by atoms with Gasteiger partial charge in [0, 0.05) is 30.9 Å². The minimum absolute atomic E-state index is 0.0550. The van der Waals surface area contributed by atoms with Crippen molar-refractivity contribution in [2.75, 3.05) is 32.8 Å². The van der Waals surface area contributed by atoms with Gasteiger partial charge in [-0.2, -0.15) is 5.10 Å². The van der Waals surface area contributed by atoms with Crippen LogP contribution in [-0.4, -0.2) is 59.0 Å². The number of carbonyl (C=O) groups is 1. The molecule has 0 unspecified atom stereocenters. The number of morpholine rings is 1. The summed E-state index contributed by atoms with van der Waals surface area (Å²) in [5, 5.41) is 7.57. The molecule has 2 aliphatic rings. The maximum atomic E-state index is 12.4. The van der Waals surface area contributed by atoms with Crippen LogP contribution in [0.3, 0.4) is 0 Å². The van der Waals surface area contributed by atoms with Gasteiger partial charge in [0.2, 0.25) is 5.91 Å². The van der Waals surface area contributed by atoms with Gasteiger partial charge in [-0.1, -0.05) is 19.3 Å². The summed E-state index contributed by atoms with van der Waals surface area (Å²) in [5.74, 6) is 0.0550. The molecule has 1 aliphatic carbocycles. The minimum Gasteiger partial charge on any atom is -0.379 e. The summed E-state index contributed by atoms with van der Waals surface area (Å²) < 4.78 is 7.30. The molecule has 0 bridgehead atoms. The maximum Gasteiger partial charge on any atom is 0.241 e. The van der Waals surface area contributed by atoms with Gasteiger partial charge >= 0.3 is 0 Å². The largest absolute Gasteiger partial charge is 0.379 e. The Balaban J connectivity index is 1.60. The molecule has 6 nitrogen and oxygen atoms in total. The Labute approximate surface area is 144 Å². The van der Waals surface area contributed by atoms with Crippen molar-refractivity contribution in [2.24, 2.45) is 0 Å². The van der Waals surface area contributed by atoms with Gasteiger partial charge in [0.1, 0.15) is 6.54 Å². The standard InChI is InChI=1S/C18H30N4O2/c1-15-12-16(2)22(20-15)13-17(23)19-14-18(6-4-3-5-7-18)21-8-10-24-11-9-21/h12H,3-11,13-14H2,1-2H3,(H,19,23). The lowest BCUT2D eigenvalue weighted by Gasteiger charge is -2.48. The lowest BCUT2D eigenvalue weighted by Crippen LogP contribution is -2.59. The molecule has 1 saturated carbocycles. The van der Waals surface area contributed by atoms with Crippen LogP contribution in [0.1, 0.15) is 43.5 Å².